The Morgan fingerprint density at radius 2 is 2.00 bits per heavy atom. The lowest BCUT2D eigenvalue weighted by molar-refractivity contribution is -0.0498. The Hall–Kier alpha value is -3.33. The maximum atomic E-state index is 12.3. The maximum absolute atomic E-state index is 12.3. The van der Waals surface area contributed by atoms with E-state index in [9.17, 15) is 8.78 Å². The fourth-order valence-electron chi connectivity index (χ4n) is 3.28. The van der Waals surface area contributed by atoms with Gasteiger partial charge in [0.05, 0.1) is 25.5 Å². The van der Waals surface area contributed by atoms with Gasteiger partial charge in [0.15, 0.2) is 5.82 Å². The molecule has 3 heterocycles. The molecule has 0 bridgehead atoms. The second-order valence-corrected chi connectivity index (χ2v) is 6.88. The van der Waals surface area contributed by atoms with Crippen LogP contribution in [-0.4, -0.2) is 47.6 Å². The van der Waals surface area contributed by atoms with Crippen LogP contribution in [0.3, 0.4) is 0 Å². The summed E-state index contributed by atoms with van der Waals surface area (Å²) in [6, 6.07) is 12.3. The molecule has 1 fully saturated rings. The van der Waals surface area contributed by atoms with E-state index < -0.39 is 6.61 Å². The fraction of sp³-hybridized carbons (Fsp3) is 0.286. The monoisotopic (exact) mass is 413 g/mol. The van der Waals surface area contributed by atoms with Gasteiger partial charge in [-0.1, -0.05) is 12.1 Å². The van der Waals surface area contributed by atoms with Crippen molar-refractivity contribution in [3.63, 3.8) is 0 Å². The third-order valence-corrected chi connectivity index (χ3v) is 4.75. The van der Waals surface area contributed by atoms with Gasteiger partial charge in [0, 0.05) is 30.1 Å². The first-order valence-electron chi connectivity index (χ1n) is 9.54. The fourth-order valence-corrected chi connectivity index (χ4v) is 3.28. The number of halogens is 2. The number of hydrogen-bond donors (Lipinski definition) is 1. The van der Waals surface area contributed by atoms with Crippen LogP contribution in [0.15, 0.2) is 54.9 Å². The molecule has 30 heavy (non-hydrogen) atoms. The number of benzene rings is 1. The van der Waals surface area contributed by atoms with Crippen molar-refractivity contribution >= 4 is 17.3 Å². The molecule has 0 saturated carbocycles. The zero-order valence-corrected chi connectivity index (χ0v) is 16.3. The first-order valence-corrected chi connectivity index (χ1v) is 9.54. The van der Waals surface area contributed by atoms with Crippen LogP contribution in [0.2, 0.25) is 0 Å². The van der Waals surface area contributed by atoms with Gasteiger partial charge >= 0.3 is 6.61 Å². The molecule has 2 aromatic heterocycles. The number of aromatic nitrogens is 3. The number of hydrogen-bond acceptors (Lipinski definition) is 7. The van der Waals surface area contributed by atoms with E-state index in [0.29, 0.717) is 19.0 Å². The van der Waals surface area contributed by atoms with Crippen molar-refractivity contribution in [1.29, 1.82) is 0 Å². The van der Waals surface area contributed by atoms with Crippen molar-refractivity contribution in [3.8, 4) is 16.9 Å². The van der Waals surface area contributed by atoms with Gasteiger partial charge in [-0.25, -0.2) is 4.98 Å². The van der Waals surface area contributed by atoms with Crippen LogP contribution < -0.4 is 15.0 Å². The van der Waals surface area contributed by atoms with Crippen LogP contribution in [0.1, 0.15) is 6.92 Å². The molecule has 0 aliphatic carbocycles. The van der Waals surface area contributed by atoms with Gasteiger partial charge in [0.1, 0.15) is 11.6 Å². The summed E-state index contributed by atoms with van der Waals surface area (Å²) in [5.74, 6) is 1.54. The SMILES string of the molecule is CC1COCCN1c1cc(Nc2cc(-c3ccc(OC(F)F)cc3)cnn2)ccn1. The van der Waals surface area contributed by atoms with Crippen LogP contribution in [0.4, 0.5) is 26.1 Å². The molecule has 1 saturated heterocycles. The Balaban J connectivity index is 1.50. The second kappa shape index (κ2) is 9.00. The lowest BCUT2D eigenvalue weighted by atomic mass is 10.1. The summed E-state index contributed by atoms with van der Waals surface area (Å²) >= 11 is 0. The minimum absolute atomic E-state index is 0.107. The van der Waals surface area contributed by atoms with Gasteiger partial charge in [-0.3, -0.25) is 0 Å². The number of alkyl halides is 2. The minimum Gasteiger partial charge on any atom is -0.435 e. The molecule has 1 N–H and O–H groups in total. The van der Waals surface area contributed by atoms with E-state index in [1.165, 1.54) is 12.1 Å². The molecule has 1 atom stereocenters. The molecular formula is C21H21F2N5O2. The second-order valence-electron chi connectivity index (χ2n) is 6.88. The molecule has 1 aliphatic rings. The largest absolute Gasteiger partial charge is 0.435 e. The minimum atomic E-state index is -2.85. The molecule has 0 amide bonds. The summed E-state index contributed by atoms with van der Waals surface area (Å²) in [4.78, 5) is 6.69. The number of nitrogens with zero attached hydrogens (tertiary/aromatic N) is 4. The van der Waals surface area contributed by atoms with Crippen LogP contribution in [0.5, 0.6) is 5.75 Å². The van der Waals surface area contributed by atoms with E-state index in [0.717, 1.165) is 29.2 Å². The Bertz CT molecular complexity index is 987. The molecule has 1 unspecified atom stereocenters. The van der Waals surface area contributed by atoms with E-state index >= 15 is 0 Å². The predicted molar refractivity (Wildman–Crippen MR) is 109 cm³/mol. The molecular weight excluding hydrogens is 392 g/mol. The van der Waals surface area contributed by atoms with E-state index in [2.05, 4.69) is 37.1 Å². The molecule has 7 nitrogen and oxygen atoms in total. The lowest BCUT2D eigenvalue weighted by Crippen LogP contribution is -2.44. The molecule has 1 aliphatic heterocycles. The quantitative estimate of drug-likeness (QED) is 0.652. The van der Waals surface area contributed by atoms with Gasteiger partial charge in [-0.2, -0.15) is 13.9 Å². The molecule has 9 heteroatoms. The van der Waals surface area contributed by atoms with Crippen molar-refractivity contribution in [2.75, 3.05) is 30.0 Å². The Labute approximate surface area is 172 Å². The van der Waals surface area contributed by atoms with Gasteiger partial charge in [-0.05, 0) is 36.8 Å². The highest BCUT2D eigenvalue weighted by Gasteiger charge is 2.20. The van der Waals surface area contributed by atoms with Gasteiger partial charge in [0.25, 0.3) is 0 Å². The summed E-state index contributed by atoms with van der Waals surface area (Å²) in [7, 11) is 0. The summed E-state index contributed by atoms with van der Waals surface area (Å²) in [5.41, 5.74) is 2.45. The van der Waals surface area contributed by atoms with Crippen LogP contribution >= 0.6 is 0 Å². The molecule has 1 aromatic carbocycles. The van der Waals surface area contributed by atoms with E-state index in [1.54, 1.807) is 24.5 Å². The third-order valence-electron chi connectivity index (χ3n) is 4.75. The highest BCUT2D eigenvalue weighted by Crippen LogP contribution is 2.26. The van der Waals surface area contributed by atoms with Crippen molar-refractivity contribution in [1.82, 2.24) is 15.2 Å². The summed E-state index contributed by atoms with van der Waals surface area (Å²) < 4.78 is 34.5. The third kappa shape index (κ3) is 4.80. The predicted octanol–water partition coefficient (Wildman–Crippen LogP) is 4.11. The molecule has 0 radical (unpaired) electrons. The number of morpholine rings is 1. The average Bonchev–Trinajstić information content (AvgIpc) is 2.75. The smallest absolute Gasteiger partial charge is 0.387 e. The summed E-state index contributed by atoms with van der Waals surface area (Å²) in [5, 5.41) is 11.4. The maximum Gasteiger partial charge on any atom is 0.387 e. The van der Waals surface area contributed by atoms with Crippen molar-refractivity contribution in [2.45, 2.75) is 19.6 Å². The van der Waals surface area contributed by atoms with E-state index in [-0.39, 0.29) is 11.8 Å². The highest BCUT2D eigenvalue weighted by molar-refractivity contribution is 5.68. The van der Waals surface area contributed by atoms with Gasteiger partial charge in [-0.15, -0.1) is 5.10 Å². The number of ether oxygens (including phenoxy) is 2. The Kier molecular flexibility index (Phi) is 5.99. The molecule has 156 valence electrons. The van der Waals surface area contributed by atoms with E-state index in [4.69, 9.17) is 4.74 Å². The first kappa shape index (κ1) is 20.0. The normalized spacial score (nSPS) is 16.5. The van der Waals surface area contributed by atoms with Crippen molar-refractivity contribution in [2.24, 2.45) is 0 Å². The molecule has 3 aromatic rings. The highest BCUT2D eigenvalue weighted by atomic mass is 19.3. The topological polar surface area (TPSA) is 72.4 Å². The zero-order valence-electron chi connectivity index (χ0n) is 16.3. The van der Waals surface area contributed by atoms with Crippen molar-refractivity contribution in [3.05, 3.63) is 54.9 Å². The lowest BCUT2D eigenvalue weighted by Gasteiger charge is -2.34. The Morgan fingerprint density at radius 3 is 2.77 bits per heavy atom. The molecule has 0 spiro atoms. The first-order chi connectivity index (χ1) is 14.6. The number of anilines is 3. The van der Waals surface area contributed by atoms with E-state index in [1.807, 2.05) is 18.2 Å². The van der Waals surface area contributed by atoms with Crippen molar-refractivity contribution < 1.29 is 18.3 Å². The average molecular weight is 413 g/mol. The summed E-state index contributed by atoms with van der Waals surface area (Å²) in [6.07, 6.45) is 3.36. The number of nitrogens with one attached hydrogen (secondary N) is 1. The summed E-state index contributed by atoms with van der Waals surface area (Å²) in [6.45, 7) is 1.40. The van der Waals surface area contributed by atoms with Crippen LogP contribution in [0.25, 0.3) is 11.1 Å². The Morgan fingerprint density at radius 1 is 1.17 bits per heavy atom. The van der Waals surface area contributed by atoms with Gasteiger partial charge in [0.2, 0.25) is 0 Å². The van der Waals surface area contributed by atoms with Crippen LogP contribution in [-0.2, 0) is 4.74 Å². The zero-order chi connectivity index (χ0) is 20.9. The number of pyridine rings is 1. The molecule has 4 rings (SSSR count). The van der Waals surface area contributed by atoms with Gasteiger partial charge < -0.3 is 19.7 Å². The number of rotatable bonds is 6. The van der Waals surface area contributed by atoms with Crippen LogP contribution in [0, 0.1) is 0 Å². The standard InChI is InChI=1S/C21H21F2N5O2/c1-14-13-29-9-8-28(14)20-11-17(6-7-24-20)26-19-10-16(12-25-27-19)15-2-4-18(5-3-15)30-21(22)23/h2-7,10-12,14,21H,8-9,13H2,1H3,(H,24,26,27).